The summed E-state index contributed by atoms with van der Waals surface area (Å²) in [6.07, 6.45) is 4.90. The maximum atomic E-state index is 13.8. The summed E-state index contributed by atoms with van der Waals surface area (Å²) in [6, 6.07) is 14.1. The van der Waals surface area contributed by atoms with Crippen LogP contribution in [0.15, 0.2) is 54.9 Å². The normalized spacial score (nSPS) is 11.3. The zero-order valence-electron chi connectivity index (χ0n) is 26.2. The molecule has 0 amide bonds. The monoisotopic (exact) mass is 614 g/mol. The van der Waals surface area contributed by atoms with Crippen molar-refractivity contribution in [2.75, 3.05) is 20.3 Å². The van der Waals surface area contributed by atoms with E-state index in [9.17, 15) is 4.79 Å². The van der Waals surface area contributed by atoms with Gasteiger partial charge in [-0.25, -0.2) is 4.79 Å². The molecule has 0 fully saturated rings. The maximum Gasteiger partial charge on any atom is 0.355 e. The first kappa shape index (κ1) is 31.3. The number of para-hydroxylation sites is 1. The number of carbonyl (C=O) groups is 1. The molecule has 0 aliphatic heterocycles. The van der Waals surface area contributed by atoms with Gasteiger partial charge in [-0.05, 0) is 81.0 Å². The number of aryl methyl sites for hydroxylation is 4. The number of ether oxygens (including phenoxy) is 3. The highest BCUT2D eigenvalue weighted by molar-refractivity contribution is 6.32. The largest absolute Gasteiger partial charge is 0.494 e. The third kappa shape index (κ3) is 6.23. The van der Waals surface area contributed by atoms with Gasteiger partial charge in [0.05, 0.1) is 31.0 Å². The smallest absolute Gasteiger partial charge is 0.355 e. The van der Waals surface area contributed by atoms with Gasteiger partial charge in [0, 0.05) is 60.3 Å². The molecule has 5 aromatic rings. The number of hydrogen-bond acceptors (Lipinski definition) is 6. The van der Waals surface area contributed by atoms with Crippen LogP contribution in [0.25, 0.3) is 22.0 Å². The number of halogens is 1. The van der Waals surface area contributed by atoms with Gasteiger partial charge in [0.15, 0.2) is 0 Å². The van der Waals surface area contributed by atoms with Crippen molar-refractivity contribution in [2.45, 2.75) is 53.7 Å². The molecule has 2 aromatic carbocycles. The van der Waals surface area contributed by atoms with Gasteiger partial charge in [0.25, 0.3) is 0 Å². The van der Waals surface area contributed by atoms with E-state index >= 15 is 0 Å². The van der Waals surface area contributed by atoms with Crippen LogP contribution < -0.4 is 4.74 Å². The van der Waals surface area contributed by atoms with E-state index in [-0.39, 0.29) is 12.6 Å². The molecular formula is C35H39ClN4O4. The van der Waals surface area contributed by atoms with Crippen molar-refractivity contribution in [3.8, 4) is 16.9 Å². The number of carbonyl (C=O) groups excluding carboxylic acids is 1. The minimum absolute atomic E-state index is 0.275. The van der Waals surface area contributed by atoms with Gasteiger partial charge < -0.3 is 18.8 Å². The van der Waals surface area contributed by atoms with Crippen molar-refractivity contribution in [3.05, 3.63) is 99.2 Å². The standard InChI is InChI=1S/C35H39ClN4O4/c1-7-43-35(41)34-28(14-10-16-44-26-17-22(2)32(36)23(3)18-26)27-12-8-13-29(31-24(4)39(5)38-30(31)21-42-6)33(27)40(34)20-25-11-9-15-37-19-25/h8-9,11-13,15,17-19H,7,10,14,16,20-21H2,1-6H3. The summed E-state index contributed by atoms with van der Waals surface area (Å²) < 4.78 is 21.3. The van der Waals surface area contributed by atoms with Crippen molar-refractivity contribution in [1.82, 2.24) is 19.3 Å². The van der Waals surface area contributed by atoms with Crippen molar-refractivity contribution < 1.29 is 19.0 Å². The Hall–Kier alpha value is -4.14. The number of fused-ring (bicyclic) bond motifs is 1. The Labute approximate surface area is 263 Å². The first-order chi connectivity index (χ1) is 21.2. The lowest BCUT2D eigenvalue weighted by Crippen LogP contribution is -2.15. The first-order valence-corrected chi connectivity index (χ1v) is 15.2. The second kappa shape index (κ2) is 13.7. The van der Waals surface area contributed by atoms with Gasteiger partial charge in [-0.3, -0.25) is 9.67 Å². The van der Waals surface area contributed by atoms with Crippen molar-refractivity contribution in [3.63, 3.8) is 0 Å². The number of methoxy groups -OCH3 is 1. The highest BCUT2D eigenvalue weighted by Crippen LogP contribution is 2.39. The van der Waals surface area contributed by atoms with Crippen LogP contribution >= 0.6 is 11.6 Å². The van der Waals surface area contributed by atoms with E-state index in [0.717, 1.165) is 66.4 Å². The van der Waals surface area contributed by atoms with E-state index in [4.69, 9.17) is 30.9 Å². The van der Waals surface area contributed by atoms with E-state index in [2.05, 4.69) is 28.6 Å². The molecule has 0 aliphatic rings. The van der Waals surface area contributed by atoms with E-state index in [0.29, 0.717) is 38.3 Å². The lowest BCUT2D eigenvalue weighted by molar-refractivity contribution is 0.0513. The molecule has 0 saturated heterocycles. The third-order valence-corrected chi connectivity index (χ3v) is 8.52. The number of benzene rings is 2. The molecule has 0 atom stereocenters. The number of nitrogens with zero attached hydrogens (tertiary/aromatic N) is 4. The second-order valence-corrected chi connectivity index (χ2v) is 11.4. The summed E-state index contributed by atoms with van der Waals surface area (Å²) >= 11 is 6.36. The predicted molar refractivity (Wildman–Crippen MR) is 174 cm³/mol. The van der Waals surface area contributed by atoms with Crippen LogP contribution in [0.5, 0.6) is 5.75 Å². The van der Waals surface area contributed by atoms with Crippen LogP contribution in [-0.2, 0) is 36.1 Å². The Balaban J connectivity index is 1.64. The molecule has 5 rings (SSSR count). The highest BCUT2D eigenvalue weighted by Gasteiger charge is 2.27. The van der Waals surface area contributed by atoms with Gasteiger partial charge in [0.2, 0.25) is 0 Å². The maximum absolute atomic E-state index is 13.8. The summed E-state index contributed by atoms with van der Waals surface area (Å²) in [7, 11) is 3.61. The zero-order valence-corrected chi connectivity index (χ0v) is 27.0. The Morgan fingerprint density at radius 2 is 1.84 bits per heavy atom. The summed E-state index contributed by atoms with van der Waals surface area (Å²) in [4.78, 5) is 18.1. The molecule has 0 bridgehead atoms. The van der Waals surface area contributed by atoms with Gasteiger partial charge >= 0.3 is 5.97 Å². The van der Waals surface area contributed by atoms with Gasteiger partial charge in [-0.1, -0.05) is 35.9 Å². The number of rotatable bonds is 12. The quantitative estimate of drug-likeness (QED) is 0.108. The van der Waals surface area contributed by atoms with Crippen LogP contribution in [0.1, 0.15) is 57.5 Å². The summed E-state index contributed by atoms with van der Waals surface area (Å²) in [5.74, 6) is 0.437. The molecule has 0 aliphatic carbocycles. The fraction of sp³-hybridized carbons (Fsp3) is 0.343. The number of aromatic nitrogens is 4. The Bertz CT molecular complexity index is 1770. The lowest BCUT2D eigenvalue weighted by Gasteiger charge is -2.14. The molecular weight excluding hydrogens is 576 g/mol. The fourth-order valence-corrected chi connectivity index (χ4v) is 6.00. The van der Waals surface area contributed by atoms with Crippen LogP contribution in [0.2, 0.25) is 5.02 Å². The molecule has 0 radical (unpaired) electrons. The summed E-state index contributed by atoms with van der Waals surface area (Å²) in [5.41, 5.74) is 9.23. The SMILES string of the molecule is CCOC(=O)c1c(CCCOc2cc(C)c(Cl)c(C)c2)c2cccc(-c3c(COC)nn(C)c3C)c2n1Cc1cccnc1. The van der Waals surface area contributed by atoms with Crippen molar-refractivity contribution >= 4 is 28.5 Å². The van der Waals surface area contributed by atoms with Crippen molar-refractivity contribution in [2.24, 2.45) is 7.05 Å². The topological polar surface area (TPSA) is 80.4 Å². The molecule has 3 heterocycles. The molecule has 0 saturated carbocycles. The molecule has 0 N–H and O–H groups in total. The number of hydrogen-bond donors (Lipinski definition) is 0. The van der Waals surface area contributed by atoms with Crippen LogP contribution in [0.4, 0.5) is 0 Å². The molecule has 0 unspecified atom stereocenters. The van der Waals surface area contributed by atoms with Crippen LogP contribution in [0, 0.1) is 20.8 Å². The van der Waals surface area contributed by atoms with Crippen LogP contribution in [0.3, 0.4) is 0 Å². The van der Waals surface area contributed by atoms with Gasteiger partial charge in [0.1, 0.15) is 11.4 Å². The Morgan fingerprint density at radius 3 is 2.52 bits per heavy atom. The minimum Gasteiger partial charge on any atom is -0.494 e. The molecule has 0 spiro atoms. The predicted octanol–water partition coefficient (Wildman–Crippen LogP) is 7.40. The first-order valence-electron chi connectivity index (χ1n) is 14.9. The average molecular weight is 615 g/mol. The third-order valence-electron chi connectivity index (χ3n) is 7.93. The fourth-order valence-electron chi connectivity index (χ4n) is 5.89. The Morgan fingerprint density at radius 1 is 1.07 bits per heavy atom. The minimum atomic E-state index is -0.349. The van der Waals surface area contributed by atoms with Crippen molar-refractivity contribution in [1.29, 1.82) is 0 Å². The lowest BCUT2D eigenvalue weighted by atomic mass is 9.98. The van der Waals surface area contributed by atoms with E-state index in [1.807, 2.05) is 69.0 Å². The second-order valence-electron chi connectivity index (χ2n) is 11.0. The molecule has 9 heteroatoms. The number of esters is 1. The molecule has 3 aromatic heterocycles. The zero-order chi connectivity index (χ0) is 31.4. The molecule has 8 nitrogen and oxygen atoms in total. The van der Waals surface area contributed by atoms with Crippen LogP contribution in [-0.4, -0.2) is 45.6 Å². The van der Waals surface area contributed by atoms with E-state index in [1.54, 1.807) is 13.3 Å². The Kier molecular flexibility index (Phi) is 9.71. The van der Waals surface area contributed by atoms with E-state index in [1.165, 1.54) is 0 Å². The highest BCUT2D eigenvalue weighted by atomic mass is 35.5. The molecule has 44 heavy (non-hydrogen) atoms. The average Bonchev–Trinajstić information content (AvgIpc) is 3.47. The summed E-state index contributed by atoms with van der Waals surface area (Å²) in [6.45, 7) is 9.42. The van der Waals surface area contributed by atoms with Gasteiger partial charge in [-0.15, -0.1) is 0 Å². The van der Waals surface area contributed by atoms with E-state index < -0.39 is 0 Å². The van der Waals surface area contributed by atoms with Gasteiger partial charge in [-0.2, -0.15) is 5.10 Å². The summed E-state index contributed by atoms with van der Waals surface area (Å²) in [5, 5.41) is 6.51. The number of pyridine rings is 1. The molecule has 230 valence electrons.